The SMILES string of the molecule is Cc1cc(C(F)(F)F)nn1-c1c(F)cc(CO)cc1F. The number of aliphatic hydroxyl groups is 1. The highest BCUT2D eigenvalue weighted by atomic mass is 19.4. The molecular weight excluding hydrogens is 283 g/mol. The largest absolute Gasteiger partial charge is 0.435 e. The maximum absolute atomic E-state index is 13.8. The van der Waals surface area contributed by atoms with Gasteiger partial charge in [0.15, 0.2) is 17.3 Å². The van der Waals surface area contributed by atoms with Gasteiger partial charge >= 0.3 is 6.18 Å². The monoisotopic (exact) mass is 292 g/mol. The third-order valence-corrected chi connectivity index (χ3v) is 2.65. The summed E-state index contributed by atoms with van der Waals surface area (Å²) in [6.07, 6.45) is -4.70. The van der Waals surface area contributed by atoms with Crippen molar-refractivity contribution >= 4 is 0 Å². The Hall–Kier alpha value is -1.96. The van der Waals surface area contributed by atoms with E-state index in [1.807, 2.05) is 0 Å². The Morgan fingerprint density at radius 1 is 1.15 bits per heavy atom. The molecule has 0 amide bonds. The number of benzene rings is 1. The summed E-state index contributed by atoms with van der Waals surface area (Å²) in [7, 11) is 0. The molecule has 2 rings (SSSR count). The smallest absolute Gasteiger partial charge is 0.392 e. The third-order valence-electron chi connectivity index (χ3n) is 2.65. The van der Waals surface area contributed by atoms with Crippen LogP contribution >= 0.6 is 0 Å². The second-order valence-electron chi connectivity index (χ2n) is 4.15. The first-order chi connectivity index (χ1) is 9.24. The van der Waals surface area contributed by atoms with E-state index >= 15 is 0 Å². The van der Waals surface area contributed by atoms with Crippen LogP contribution in [0.5, 0.6) is 0 Å². The number of aromatic nitrogens is 2. The summed E-state index contributed by atoms with van der Waals surface area (Å²) in [5.41, 5.74) is -2.04. The van der Waals surface area contributed by atoms with Crippen molar-refractivity contribution in [2.75, 3.05) is 0 Å². The molecule has 1 aromatic heterocycles. The predicted molar refractivity (Wildman–Crippen MR) is 59.1 cm³/mol. The molecule has 0 bridgehead atoms. The highest BCUT2D eigenvalue weighted by Crippen LogP contribution is 2.30. The molecule has 0 radical (unpaired) electrons. The molecule has 0 saturated heterocycles. The normalized spacial score (nSPS) is 11.9. The van der Waals surface area contributed by atoms with E-state index < -0.39 is 35.8 Å². The van der Waals surface area contributed by atoms with Crippen LogP contribution < -0.4 is 0 Å². The molecule has 108 valence electrons. The molecule has 1 heterocycles. The summed E-state index contributed by atoms with van der Waals surface area (Å²) in [5, 5.41) is 12.0. The molecule has 0 aliphatic heterocycles. The number of nitrogens with zero attached hydrogens (tertiary/aromatic N) is 2. The Balaban J connectivity index is 2.61. The Morgan fingerprint density at radius 3 is 2.10 bits per heavy atom. The highest BCUT2D eigenvalue weighted by Gasteiger charge is 2.35. The zero-order chi connectivity index (χ0) is 15.1. The van der Waals surface area contributed by atoms with Crippen LogP contribution in [0, 0.1) is 18.6 Å². The van der Waals surface area contributed by atoms with Gasteiger partial charge in [0.2, 0.25) is 0 Å². The lowest BCUT2D eigenvalue weighted by molar-refractivity contribution is -0.141. The third kappa shape index (κ3) is 2.51. The topological polar surface area (TPSA) is 38.0 Å². The number of halogens is 5. The average Bonchev–Trinajstić information content (AvgIpc) is 2.70. The Morgan fingerprint density at radius 2 is 1.70 bits per heavy atom. The number of hydrogen-bond acceptors (Lipinski definition) is 2. The zero-order valence-corrected chi connectivity index (χ0v) is 10.2. The van der Waals surface area contributed by atoms with Crippen LogP contribution in [0.15, 0.2) is 18.2 Å². The summed E-state index contributed by atoms with van der Waals surface area (Å²) < 4.78 is 65.7. The Kier molecular flexibility index (Phi) is 3.51. The minimum absolute atomic E-state index is 0.0235. The van der Waals surface area contributed by atoms with Crippen LogP contribution in [-0.4, -0.2) is 14.9 Å². The zero-order valence-electron chi connectivity index (χ0n) is 10.2. The number of aliphatic hydroxyl groups excluding tert-OH is 1. The first-order valence-corrected chi connectivity index (χ1v) is 5.47. The predicted octanol–water partition coefficient (Wildman–Crippen LogP) is 2.97. The van der Waals surface area contributed by atoms with E-state index in [1.165, 1.54) is 6.92 Å². The van der Waals surface area contributed by atoms with E-state index in [0.717, 1.165) is 12.1 Å². The molecule has 0 aliphatic rings. The van der Waals surface area contributed by atoms with Crippen molar-refractivity contribution in [2.24, 2.45) is 0 Å². The van der Waals surface area contributed by atoms with Crippen molar-refractivity contribution < 1.29 is 27.1 Å². The quantitative estimate of drug-likeness (QED) is 0.864. The van der Waals surface area contributed by atoms with Gasteiger partial charge in [0.25, 0.3) is 0 Å². The standard InChI is InChI=1S/C12H9F5N2O/c1-6-2-10(12(15,16)17)18-19(6)11-8(13)3-7(5-20)4-9(11)14/h2-4,20H,5H2,1H3. The minimum atomic E-state index is -4.70. The lowest BCUT2D eigenvalue weighted by Crippen LogP contribution is -2.10. The van der Waals surface area contributed by atoms with Gasteiger partial charge in [-0.15, -0.1) is 0 Å². The van der Waals surface area contributed by atoms with Gasteiger partial charge < -0.3 is 5.11 Å². The Bertz CT molecular complexity index is 625. The van der Waals surface area contributed by atoms with Crippen molar-refractivity contribution in [3.8, 4) is 5.69 Å². The molecule has 0 aliphatic carbocycles. The average molecular weight is 292 g/mol. The van der Waals surface area contributed by atoms with Gasteiger partial charge in [0, 0.05) is 5.69 Å². The maximum Gasteiger partial charge on any atom is 0.435 e. The molecule has 0 saturated carbocycles. The van der Waals surface area contributed by atoms with Gasteiger partial charge in [-0.3, -0.25) is 0 Å². The molecular formula is C12H9F5N2O. The van der Waals surface area contributed by atoms with E-state index in [-0.39, 0.29) is 11.3 Å². The van der Waals surface area contributed by atoms with Gasteiger partial charge in [0.05, 0.1) is 6.61 Å². The van der Waals surface area contributed by atoms with Gasteiger partial charge in [-0.2, -0.15) is 18.3 Å². The molecule has 0 unspecified atom stereocenters. The van der Waals surface area contributed by atoms with Gasteiger partial charge in [-0.05, 0) is 30.7 Å². The fraction of sp³-hybridized carbons (Fsp3) is 0.250. The lowest BCUT2D eigenvalue weighted by atomic mass is 10.2. The number of alkyl halides is 3. The molecule has 1 aromatic carbocycles. The molecule has 0 fully saturated rings. The molecule has 3 nitrogen and oxygen atoms in total. The van der Waals surface area contributed by atoms with Gasteiger partial charge in [-0.1, -0.05) is 0 Å². The van der Waals surface area contributed by atoms with Crippen LogP contribution in [-0.2, 0) is 12.8 Å². The van der Waals surface area contributed by atoms with Gasteiger partial charge in [0.1, 0.15) is 5.69 Å². The maximum atomic E-state index is 13.8. The Labute approximate surface area is 110 Å². The van der Waals surface area contributed by atoms with Crippen LogP contribution in [0.4, 0.5) is 22.0 Å². The van der Waals surface area contributed by atoms with Crippen molar-refractivity contribution in [1.82, 2.24) is 9.78 Å². The first-order valence-electron chi connectivity index (χ1n) is 5.47. The molecule has 20 heavy (non-hydrogen) atoms. The second kappa shape index (κ2) is 4.86. The summed E-state index contributed by atoms with van der Waals surface area (Å²) in [6.45, 7) is 0.668. The van der Waals surface area contributed by atoms with Crippen LogP contribution in [0.25, 0.3) is 5.69 Å². The summed E-state index contributed by atoms with van der Waals surface area (Å²) >= 11 is 0. The molecule has 1 N–H and O–H groups in total. The molecule has 0 spiro atoms. The highest BCUT2D eigenvalue weighted by molar-refractivity contribution is 5.39. The van der Waals surface area contributed by atoms with Crippen LogP contribution in [0.3, 0.4) is 0 Å². The summed E-state index contributed by atoms with van der Waals surface area (Å²) in [6, 6.07) is 2.37. The molecule has 2 aromatic rings. The van der Waals surface area contributed by atoms with Crippen LogP contribution in [0.2, 0.25) is 0 Å². The molecule has 0 atom stereocenters. The van der Waals surface area contributed by atoms with Gasteiger partial charge in [-0.25, -0.2) is 13.5 Å². The van der Waals surface area contributed by atoms with Crippen LogP contribution in [0.1, 0.15) is 17.0 Å². The van der Waals surface area contributed by atoms with Crippen molar-refractivity contribution in [2.45, 2.75) is 19.7 Å². The van der Waals surface area contributed by atoms with E-state index in [4.69, 9.17) is 5.11 Å². The summed E-state index contributed by atoms with van der Waals surface area (Å²) in [5.74, 6) is -2.21. The van der Waals surface area contributed by atoms with E-state index in [0.29, 0.717) is 10.7 Å². The summed E-state index contributed by atoms with van der Waals surface area (Å²) in [4.78, 5) is 0. The number of aryl methyl sites for hydroxylation is 1. The fourth-order valence-corrected chi connectivity index (χ4v) is 1.75. The van der Waals surface area contributed by atoms with Crippen molar-refractivity contribution in [3.63, 3.8) is 0 Å². The lowest BCUT2D eigenvalue weighted by Gasteiger charge is -2.09. The second-order valence-corrected chi connectivity index (χ2v) is 4.15. The van der Waals surface area contributed by atoms with E-state index in [1.54, 1.807) is 0 Å². The van der Waals surface area contributed by atoms with E-state index in [9.17, 15) is 22.0 Å². The fourth-order valence-electron chi connectivity index (χ4n) is 1.75. The van der Waals surface area contributed by atoms with Crippen molar-refractivity contribution in [3.05, 3.63) is 46.8 Å². The van der Waals surface area contributed by atoms with Crippen molar-refractivity contribution in [1.29, 1.82) is 0 Å². The number of hydrogen-bond donors (Lipinski definition) is 1. The molecule has 8 heteroatoms. The van der Waals surface area contributed by atoms with E-state index in [2.05, 4.69) is 5.10 Å². The minimum Gasteiger partial charge on any atom is -0.392 e. The first kappa shape index (κ1) is 14.4. The number of rotatable bonds is 2.